The minimum atomic E-state index is -0.648. The quantitative estimate of drug-likeness (QED) is 0.216. The van der Waals surface area contributed by atoms with Gasteiger partial charge < -0.3 is 28.8 Å². The summed E-state index contributed by atoms with van der Waals surface area (Å²) < 4.78 is 37.7. The number of benzene rings is 2. The van der Waals surface area contributed by atoms with E-state index in [2.05, 4.69) is 15.3 Å². The molecule has 0 bridgehead atoms. The molecule has 0 fully saturated rings. The van der Waals surface area contributed by atoms with Gasteiger partial charge in [0.2, 0.25) is 5.43 Å². The van der Waals surface area contributed by atoms with E-state index in [0.29, 0.717) is 39.5 Å². The highest BCUT2D eigenvalue weighted by atomic mass is 19.1. The summed E-state index contributed by atoms with van der Waals surface area (Å²) in [5.41, 5.74) is 0.591. The van der Waals surface area contributed by atoms with Crippen LogP contribution in [0.4, 0.5) is 10.2 Å². The summed E-state index contributed by atoms with van der Waals surface area (Å²) in [7, 11) is 4.49. The number of nitrogens with one attached hydrogen (secondary N) is 1. The SMILES string of the molecule is COc1cc2nccc(Oc3ccc(NC(=O)c4cn(C(C)C)cc(-c5ccc(F)cc5OC)c4=O)nc3)c2cc1OC. The number of carbonyl (C=O) groups is 1. The van der Waals surface area contributed by atoms with Crippen LogP contribution in [0, 0.1) is 5.82 Å². The van der Waals surface area contributed by atoms with Crippen molar-refractivity contribution in [2.24, 2.45) is 0 Å². The Kier molecular flexibility index (Phi) is 8.24. The number of aromatic nitrogens is 3. The number of hydrogen-bond acceptors (Lipinski definition) is 8. The number of pyridine rings is 3. The van der Waals surface area contributed by atoms with Crippen LogP contribution in [-0.2, 0) is 0 Å². The van der Waals surface area contributed by atoms with Gasteiger partial charge in [-0.15, -0.1) is 0 Å². The second-order valence-corrected chi connectivity index (χ2v) is 9.77. The Hall–Kier alpha value is -5.45. The Morgan fingerprint density at radius 1 is 0.860 bits per heavy atom. The van der Waals surface area contributed by atoms with E-state index in [1.54, 1.807) is 61.5 Å². The maximum absolute atomic E-state index is 13.8. The average molecular weight is 585 g/mol. The Bertz CT molecular complexity index is 1870. The molecule has 0 aliphatic rings. The molecule has 0 saturated heterocycles. The van der Waals surface area contributed by atoms with Crippen molar-refractivity contribution < 1.29 is 28.1 Å². The van der Waals surface area contributed by atoms with Crippen LogP contribution in [0.25, 0.3) is 22.0 Å². The number of rotatable bonds is 9. The number of carbonyl (C=O) groups excluding carboxylic acids is 1. The molecule has 43 heavy (non-hydrogen) atoms. The lowest BCUT2D eigenvalue weighted by Crippen LogP contribution is -2.25. The fourth-order valence-electron chi connectivity index (χ4n) is 4.50. The van der Waals surface area contributed by atoms with Crippen molar-refractivity contribution in [1.82, 2.24) is 14.5 Å². The zero-order valence-corrected chi connectivity index (χ0v) is 24.2. The average Bonchev–Trinajstić information content (AvgIpc) is 3.01. The maximum atomic E-state index is 13.8. The highest BCUT2D eigenvalue weighted by molar-refractivity contribution is 6.04. The monoisotopic (exact) mass is 584 g/mol. The van der Waals surface area contributed by atoms with Gasteiger partial charge in [0.25, 0.3) is 5.91 Å². The molecule has 5 rings (SSSR count). The van der Waals surface area contributed by atoms with Crippen LogP contribution in [0.1, 0.15) is 30.2 Å². The molecule has 5 aromatic rings. The summed E-state index contributed by atoms with van der Waals surface area (Å²) in [6, 6.07) is 12.3. The van der Waals surface area contributed by atoms with E-state index in [0.717, 1.165) is 0 Å². The summed E-state index contributed by atoms with van der Waals surface area (Å²) in [6.07, 6.45) is 6.18. The number of ether oxygens (including phenoxy) is 4. The van der Waals surface area contributed by atoms with Crippen LogP contribution in [-0.4, -0.2) is 41.8 Å². The molecule has 1 amide bonds. The van der Waals surface area contributed by atoms with Crippen molar-refractivity contribution in [2.45, 2.75) is 19.9 Å². The first-order valence-corrected chi connectivity index (χ1v) is 13.3. The Morgan fingerprint density at radius 2 is 1.60 bits per heavy atom. The molecular formula is C32H29FN4O6. The van der Waals surface area contributed by atoms with E-state index in [1.807, 2.05) is 13.8 Å². The summed E-state index contributed by atoms with van der Waals surface area (Å²) in [5.74, 6) is 1.25. The lowest BCUT2D eigenvalue weighted by molar-refractivity contribution is 0.102. The zero-order chi connectivity index (χ0) is 30.7. The van der Waals surface area contributed by atoms with Gasteiger partial charge in [0.15, 0.2) is 11.5 Å². The summed E-state index contributed by atoms with van der Waals surface area (Å²) in [5, 5.41) is 3.38. The highest BCUT2D eigenvalue weighted by Gasteiger charge is 2.20. The summed E-state index contributed by atoms with van der Waals surface area (Å²) in [6.45, 7) is 3.83. The second kappa shape index (κ2) is 12.2. The number of hydrogen-bond donors (Lipinski definition) is 1. The van der Waals surface area contributed by atoms with Crippen LogP contribution in [0.5, 0.6) is 28.7 Å². The number of anilines is 1. The van der Waals surface area contributed by atoms with Crippen molar-refractivity contribution in [3.8, 4) is 39.9 Å². The molecule has 11 heteroatoms. The van der Waals surface area contributed by atoms with Crippen LogP contribution in [0.15, 0.2) is 78.1 Å². The van der Waals surface area contributed by atoms with Crippen LogP contribution < -0.4 is 29.7 Å². The molecule has 3 aromatic heterocycles. The highest BCUT2D eigenvalue weighted by Crippen LogP contribution is 2.37. The molecule has 0 unspecified atom stereocenters. The molecule has 2 aromatic carbocycles. The molecule has 1 N–H and O–H groups in total. The van der Waals surface area contributed by atoms with E-state index < -0.39 is 17.2 Å². The zero-order valence-electron chi connectivity index (χ0n) is 24.2. The largest absolute Gasteiger partial charge is 0.496 e. The minimum Gasteiger partial charge on any atom is -0.496 e. The van der Waals surface area contributed by atoms with Gasteiger partial charge >= 0.3 is 0 Å². The van der Waals surface area contributed by atoms with Crippen LogP contribution >= 0.6 is 0 Å². The van der Waals surface area contributed by atoms with E-state index >= 15 is 0 Å². The van der Waals surface area contributed by atoms with Gasteiger partial charge in [0.1, 0.15) is 34.4 Å². The predicted molar refractivity (Wildman–Crippen MR) is 160 cm³/mol. The molecule has 0 atom stereocenters. The van der Waals surface area contributed by atoms with Crippen molar-refractivity contribution in [3.63, 3.8) is 0 Å². The Balaban J connectivity index is 1.41. The smallest absolute Gasteiger partial charge is 0.262 e. The third kappa shape index (κ3) is 5.96. The lowest BCUT2D eigenvalue weighted by atomic mass is 10.0. The number of halogens is 1. The first-order valence-electron chi connectivity index (χ1n) is 13.3. The van der Waals surface area contributed by atoms with E-state index in [-0.39, 0.29) is 28.7 Å². The van der Waals surface area contributed by atoms with Crippen LogP contribution in [0.3, 0.4) is 0 Å². The van der Waals surface area contributed by atoms with Crippen molar-refractivity contribution >= 4 is 22.6 Å². The van der Waals surface area contributed by atoms with Crippen molar-refractivity contribution in [3.05, 3.63) is 94.9 Å². The van der Waals surface area contributed by atoms with Gasteiger partial charge in [-0.1, -0.05) is 0 Å². The molecule has 10 nitrogen and oxygen atoms in total. The second-order valence-electron chi connectivity index (χ2n) is 9.77. The Morgan fingerprint density at radius 3 is 2.28 bits per heavy atom. The van der Waals surface area contributed by atoms with Gasteiger partial charge in [0, 0.05) is 53.3 Å². The molecule has 0 radical (unpaired) electrons. The third-order valence-corrected chi connectivity index (χ3v) is 6.75. The molecular weight excluding hydrogens is 555 g/mol. The summed E-state index contributed by atoms with van der Waals surface area (Å²) >= 11 is 0. The van der Waals surface area contributed by atoms with Gasteiger partial charge in [-0.2, -0.15) is 0 Å². The fraction of sp³-hybridized carbons (Fsp3) is 0.188. The minimum absolute atomic E-state index is 0.0720. The maximum Gasteiger partial charge on any atom is 0.262 e. The third-order valence-electron chi connectivity index (χ3n) is 6.75. The normalized spacial score (nSPS) is 11.0. The van der Waals surface area contributed by atoms with Crippen molar-refractivity contribution in [2.75, 3.05) is 26.6 Å². The number of methoxy groups -OCH3 is 3. The summed E-state index contributed by atoms with van der Waals surface area (Å²) in [4.78, 5) is 35.5. The first-order chi connectivity index (χ1) is 20.7. The number of amides is 1. The van der Waals surface area contributed by atoms with Gasteiger partial charge in [0.05, 0.1) is 33.0 Å². The topological polar surface area (TPSA) is 114 Å². The van der Waals surface area contributed by atoms with Gasteiger partial charge in [-0.3, -0.25) is 14.6 Å². The molecule has 0 aliphatic carbocycles. The predicted octanol–water partition coefficient (Wildman–Crippen LogP) is 6.25. The molecule has 3 heterocycles. The standard InChI is InChI=1S/C32H29FN4O6/c1-18(2)37-16-23(21-8-6-19(33)12-27(21)40-3)31(38)24(17-37)32(39)36-30-9-7-20(15-35-30)43-26-10-11-34-25-14-29(42-5)28(41-4)13-22(25)26/h6-18H,1-5H3,(H,35,36,39). The van der Waals surface area contributed by atoms with Gasteiger partial charge in [-0.25, -0.2) is 9.37 Å². The first kappa shape index (κ1) is 29.1. The van der Waals surface area contributed by atoms with E-state index in [4.69, 9.17) is 18.9 Å². The van der Waals surface area contributed by atoms with Gasteiger partial charge in [-0.05, 0) is 50.2 Å². The van der Waals surface area contributed by atoms with Crippen LogP contribution in [0.2, 0.25) is 0 Å². The fourth-order valence-corrected chi connectivity index (χ4v) is 4.50. The van der Waals surface area contributed by atoms with E-state index in [1.165, 1.54) is 37.7 Å². The lowest BCUT2D eigenvalue weighted by Gasteiger charge is -2.16. The van der Waals surface area contributed by atoms with E-state index in [9.17, 15) is 14.0 Å². The molecule has 220 valence electrons. The Labute approximate surface area is 246 Å². The molecule has 0 saturated carbocycles. The molecule has 0 spiro atoms. The molecule has 0 aliphatic heterocycles. The number of fused-ring (bicyclic) bond motifs is 1. The van der Waals surface area contributed by atoms with Crippen molar-refractivity contribution in [1.29, 1.82) is 0 Å². The number of nitrogens with zero attached hydrogens (tertiary/aromatic N) is 3.